The maximum Gasteiger partial charge on any atom is 0.248 e. The molecule has 0 radical (unpaired) electrons. The van der Waals surface area contributed by atoms with Gasteiger partial charge in [-0.05, 0) is 58.0 Å². The number of hydrogen-bond donors (Lipinski definition) is 3. The molecule has 9 nitrogen and oxygen atoms in total. The summed E-state index contributed by atoms with van der Waals surface area (Å²) in [6.45, 7) is 3.74. The van der Waals surface area contributed by atoms with Crippen LogP contribution in [0.1, 0.15) is 32.1 Å². The molecule has 1 aromatic heterocycles. The number of aromatic nitrogens is 1. The first-order valence-corrected chi connectivity index (χ1v) is 13.0. The first kappa shape index (κ1) is 24.9. The van der Waals surface area contributed by atoms with Gasteiger partial charge < -0.3 is 25.6 Å². The third-order valence-electron chi connectivity index (χ3n) is 7.22. The van der Waals surface area contributed by atoms with Crippen LogP contribution in [0.25, 0.3) is 0 Å². The van der Waals surface area contributed by atoms with Crippen LogP contribution in [0.5, 0.6) is 0 Å². The molecule has 37 heavy (non-hydrogen) atoms. The molecule has 1 aliphatic carbocycles. The zero-order chi connectivity index (χ0) is 25.6. The molecule has 2 saturated heterocycles. The Morgan fingerprint density at radius 3 is 2.73 bits per heavy atom. The highest BCUT2D eigenvalue weighted by Gasteiger charge is 2.33. The van der Waals surface area contributed by atoms with Gasteiger partial charge in [0.2, 0.25) is 5.91 Å². The highest BCUT2D eigenvalue weighted by Crippen LogP contribution is 2.39. The number of aliphatic imine (C=N–C) groups is 1. The number of hydrogen-bond acceptors (Lipinski definition) is 8. The van der Waals surface area contributed by atoms with Crippen molar-refractivity contribution in [2.24, 2.45) is 10.9 Å². The van der Waals surface area contributed by atoms with Crippen LogP contribution < -0.4 is 16.0 Å². The van der Waals surface area contributed by atoms with Crippen molar-refractivity contribution in [1.82, 2.24) is 20.5 Å². The number of nitriles is 1. The highest BCUT2D eigenvalue weighted by molar-refractivity contribution is 5.90. The third-order valence-corrected chi connectivity index (χ3v) is 7.22. The smallest absolute Gasteiger partial charge is 0.248 e. The van der Waals surface area contributed by atoms with E-state index in [4.69, 9.17) is 4.74 Å². The van der Waals surface area contributed by atoms with Crippen molar-refractivity contribution in [2.75, 3.05) is 38.5 Å². The minimum Gasteiger partial charge on any atom is -0.488 e. The molecule has 2 fully saturated rings. The Balaban J connectivity index is 1.43. The van der Waals surface area contributed by atoms with Crippen LogP contribution in [-0.2, 0) is 9.53 Å². The molecule has 192 valence electrons. The van der Waals surface area contributed by atoms with Crippen LogP contribution in [0.15, 0.2) is 75.7 Å². The van der Waals surface area contributed by atoms with E-state index < -0.39 is 0 Å². The van der Waals surface area contributed by atoms with Crippen molar-refractivity contribution in [2.45, 2.75) is 38.2 Å². The van der Waals surface area contributed by atoms with E-state index >= 15 is 0 Å². The summed E-state index contributed by atoms with van der Waals surface area (Å²) in [5.41, 5.74) is 4.76. The summed E-state index contributed by atoms with van der Waals surface area (Å²) in [5, 5.41) is 19.7. The fourth-order valence-corrected chi connectivity index (χ4v) is 5.10. The average molecular weight is 500 g/mol. The van der Waals surface area contributed by atoms with Gasteiger partial charge in [-0.2, -0.15) is 5.26 Å². The Labute approximate surface area is 217 Å². The minimum atomic E-state index is -0.209. The van der Waals surface area contributed by atoms with E-state index in [-0.39, 0.29) is 17.9 Å². The summed E-state index contributed by atoms with van der Waals surface area (Å²) in [4.78, 5) is 24.1. The topological polar surface area (TPSA) is 115 Å². The lowest BCUT2D eigenvalue weighted by molar-refractivity contribution is -0.116. The number of likely N-dealkylation sites (tertiary alicyclic amines) is 1. The first-order chi connectivity index (χ1) is 18.1. The summed E-state index contributed by atoms with van der Waals surface area (Å²) in [6.07, 6.45) is 12.8. The van der Waals surface area contributed by atoms with Gasteiger partial charge in [-0.25, -0.2) is 0 Å². The molecule has 5 rings (SSSR count). The van der Waals surface area contributed by atoms with E-state index in [1.165, 1.54) is 0 Å². The maximum absolute atomic E-state index is 13.1. The van der Waals surface area contributed by atoms with Gasteiger partial charge in [-0.15, -0.1) is 0 Å². The van der Waals surface area contributed by atoms with Gasteiger partial charge in [0, 0.05) is 67.6 Å². The third kappa shape index (κ3) is 6.16. The lowest BCUT2D eigenvalue weighted by Gasteiger charge is -2.34. The molecule has 3 aliphatic heterocycles. The number of dihydropyridines is 1. The summed E-state index contributed by atoms with van der Waals surface area (Å²) in [5.74, 6) is 0.318. The standard InChI is InChI=1S/C28H33N7O2/c1-35-12-6-22(7-13-35)37-26-16-24-23(15-25(26)34-27(36)14-19-2-8-30-9-3-19)28(20(17-29)18-32-24)33-21-4-10-31-11-5-21/h4-5,10-11,14,16,18,22-23,30H,2-3,6-9,12-13,15H2,1H3,(H,31,33)(H,34,36). The van der Waals surface area contributed by atoms with Gasteiger partial charge in [0.05, 0.1) is 17.0 Å². The molecule has 1 atom stereocenters. The van der Waals surface area contributed by atoms with Crippen molar-refractivity contribution in [3.05, 3.63) is 70.7 Å². The van der Waals surface area contributed by atoms with E-state index in [0.717, 1.165) is 80.2 Å². The molecule has 1 unspecified atom stereocenters. The number of nitrogens with zero attached hydrogens (tertiary/aromatic N) is 4. The number of anilines is 1. The van der Waals surface area contributed by atoms with Gasteiger partial charge >= 0.3 is 0 Å². The molecular weight excluding hydrogens is 466 g/mol. The quantitative estimate of drug-likeness (QED) is 0.516. The lowest BCUT2D eigenvalue weighted by atomic mass is 9.86. The van der Waals surface area contributed by atoms with Gasteiger partial charge in [0.1, 0.15) is 17.9 Å². The van der Waals surface area contributed by atoms with Gasteiger partial charge in [-0.3, -0.25) is 14.8 Å². The van der Waals surface area contributed by atoms with Crippen molar-refractivity contribution in [3.63, 3.8) is 0 Å². The molecule has 0 spiro atoms. The Hall–Kier alpha value is -3.74. The molecule has 0 bridgehead atoms. The molecule has 4 heterocycles. The molecule has 1 aromatic rings. The highest BCUT2D eigenvalue weighted by atomic mass is 16.5. The van der Waals surface area contributed by atoms with Crippen LogP contribution in [0.2, 0.25) is 0 Å². The second-order valence-electron chi connectivity index (χ2n) is 9.89. The molecule has 3 N–H and O–H groups in total. The molecule has 0 aromatic carbocycles. The van der Waals surface area contributed by atoms with Gasteiger partial charge in [-0.1, -0.05) is 5.57 Å². The summed E-state index contributed by atoms with van der Waals surface area (Å²) < 4.78 is 6.49. The molecule has 9 heteroatoms. The Morgan fingerprint density at radius 2 is 2.00 bits per heavy atom. The normalized spacial score (nSPS) is 22.6. The zero-order valence-electron chi connectivity index (χ0n) is 21.2. The predicted octanol–water partition coefficient (Wildman–Crippen LogP) is 3.01. The van der Waals surface area contributed by atoms with Crippen LogP contribution in [0, 0.1) is 17.2 Å². The molecule has 1 amide bonds. The van der Waals surface area contributed by atoms with Crippen LogP contribution >= 0.6 is 0 Å². The number of piperidine rings is 2. The number of rotatable bonds is 6. The number of carbonyl (C=O) groups excluding carboxylic acids is 1. The van der Waals surface area contributed by atoms with E-state index in [9.17, 15) is 10.1 Å². The Kier molecular flexibility index (Phi) is 7.78. The largest absolute Gasteiger partial charge is 0.488 e. The molecular formula is C28H33N7O2. The van der Waals surface area contributed by atoms with E-state index in [1.807, 2.05) is 18.2 Å². The summed E-state index contributed by atoms with van der Waals surface area (Å²) >= 11 is 0. The maximum atomic E-state index is 13.1. The van der Waals surface area contributed by atoms with Crippen molar-refractivity contribution >= 4 is 17.8 Å². The monoisotopic (exact) mass is 499 g/mol. The van der Waals surface area contributed by atoms with Crippen molar-refractivity contribution in [1.29, 1.82) is 5.26 Å². The van der Waals surface area contributed by atoms with Crippen LogP contribution in [0.3, 0.4) is 0 Å². The fourth-order valence-electron chi connectivity index (χ4n) is 5.10. The molecule has 0 saturated carbocycles. The number of fused-ring (bicyclic) bond motifs is 1. The zero-order valence-corrected chi connectivity index (χ0v) is 21.2. The summed E-state index contributed by atoms with van der Waals surface area (Å²) in [7, 11) is 2.12. The van der Waals surface area contributed by atoms with Crippen molar-refractivity contribution < 1.29 is 9.53 Å². The lowest BCUT2D eigenvalue weighted by Crippen LogP contribution is -2.35. The minimum absolute atomic E-state index is 0.0847. The van der Waals surface area contributed by atoms with Crippen LogP contribution in [0.4, 0.5) is 5.69 Å². The fraction of sp³-hybridized carbons (Fsp3) is 0.429. The number of nitrogens with one attached hydrogen (secondary N) is 3. The van der Waals surface area contributed by atoms with Crippen molar-refractivity contribution in [3.8, 4) is 6.07 Å². The number of ether oxygens (including phenoxy) is 1. The number of amides is 1. The van der Waals surface area contributed by atoms with E-state index in [2.05, 4.69) is 43.9 Å². The van der Waals surface area contributed by atoms with Gasteiger partial charge in [0.15, 0.2) is 0 Å². The number of carbonyl (C=O) groups is 1. The SMILES string of the molecule is CN1CCC(OC2=C(NC(=O)C=C3CCNCC3)CC3C(=C2)N=CC(C#N)=C3Nc2ccncc2)CC1. The summed E-state index contributed by atoms with van der Waals surface area (Å²) in [6, 6.07) is 5.99. The Morgan fingerprint density at radius 1 is 1.24 bits per heavy atom. The van der Waals surface area contributed by atoms with Gasteiger partial charge in [0.25, 0.3) is 0 Å². The second kappa shape index (κ2) is 11.5. The molecule has 4 aliphatic rings. The Bertz CT molecular complexity index is 1210. The average Bonchev–Trinajstić information content (AvgIpc) is 2.92. The number of allylic oxidation sites excluding steroid dienone is 3. The number of pyridine rings is 1. The van der Waals surface area contributed by atoms with E-state index in [1.54, 1.807) is 24.7 Å². The van der Waals surface area contributed by atoms with E-state index in [0.29, 0.717) is 17.8 Å². The predicted molar refractivity (Wildman–Crippen MR) is 142 cm³/mol. The van der Waals surface area contributed by atoms with Crippen LogP contribution in [-0.4, -0.2) is 61.3 Å². The second-order valence-corrected chi connectivity index (χ2v) is 9.89. The first-order valence-electron chi connectivity index (χ1n) is 13.0.